The normalized spacial score (nSPS) is 35.5. The number of benzene rings is 1. The van der Waals surface area contributed by atoms with Crippen LogP contribution in [0.5, 0.6) is 0 Å². The van der Waals surface area contributed by atoms with E-state index in [1.807, 2.05) is 0 Å². The summed E-state index contributed by atoms with van der Waals surface area (Å²) in [4.78, 5) is 12.4. The molecule has 9 heteroatoms. The first-order valence-electron chi connectivity index (χ1n) is 9.18. The highest BCUT2D eigenvalue weighted by Crippen LogP contribution is 2.42. The van der Waals surface area contributed by atoms with Crippen LogP contribution in [0.1, 0.15) is 27.7 Å². The molecule has 0 radical (unpaired) electrons. The maximum Gasteiger partial charge on any atom is 0.412 e. The SMILES string of the molecule is CC1(C)O[C@H]2O[C@H]([C@H]3COC(C)(C)O3)[C@H](OC(=O)Nc3ccc(F)cc3)[C@H]2O1. The minimum atomic E-state index is -0.859. The summed E-state index contributed by atoms with van der Waals surface area (Å²) in [6.07, 6.45) is -3.83. The highest BCUT2D eigenvalue weighted by molar-refractivity contribution is 5.84. The van der Waals surface area contributed by atoms with Crippen molar-refractivity contribution in [3.05, 3.63) is 30.1 Å². The summed E-state index contributed by atoms with van der Waals surface area (Å²) in [7, 11) is 0. The van der Waals surface area contributed by atoms with Gasteiger partial charge in [0.15, 0.2) is 30.1 Å². The Kier molecular flexibility index (Phi) is 4.83. The number of halogens is 1. The van der Waals surface area contributed by atoms with Crippen molar-refractivity contribution in [2.75, 3.05) is 11.9 Å². The Morgan fingerprint density at radius 1 is 1.07 bits per heavy atom. The average Bonchev–Trinajstić information content (AvgIpc) is 3.20. The number of carbonyl (C=O) groups excluding carboxylic acids is 1. The molecule has 0 spiro atoms. The molecule has 0 saturated carbocycles. The van der Waals surface area contributed by atoms with Gasteiger partial charge in [-0.15, -0.1) is 0 Å². The van der Waals surface area contributed by atoms with Crippen LogP contribution in [0.25, 0.3) is 0 Å². The molecule has 5 atom stereocenters. The first-order chi connectivity index (χ1) is 13.1. The van der Waals surface area contributed by atoms with E-state index in [2.05, 4.69) is 5.32 Å². The highest BCUT2D eigenvalue weighted by atomic mass is 19.1. The third-order valence-electron chi connectivity index (χ3n) is 4.76. The van der Waals surface area contributed by atoms with Crippen LogP contribution >= 0.6 is 0 Å². The molecule has 3 saturated heterocycles. The monoisotopic (exact) mass is 397 g/mol. The molecular formula is C19H24FNO7. The number of hydrogen-bond donors (Lipinski definition) is 1. The molecule has 154 valence electrons. The summed E-state index contributed by atoms with van der Waals surface area (Å²) in [6.45, 7) is 7.42. The first-order valence-corrected chi connectivity index (χ1v) is 9.18. The summed E-state index contributed by atoms with van der Waals surface area (Å²) in [5.74, 6) is -2.01. The Bertz CT molecular complexity index is 738. The van der Waals surface area contributed by atoms with Gasteiger partial charge in [0, 0.05) is 5.69 Å². The van der Waals surface area contributed by atoms with Crippen molar-refractivity contribution in [3.8, 4) is 0 Å². The summed E-state index contributed by atoms with van der Waals surface area (Å²) >= 11 is 0. The number of carbonyl (C=O) groups is 1. The maximum absolute atomic E-state index is 13.0. The van der Waals surface area contributed by atoms with E-state index in [1.165, 1.54) is 24.3 Å². The standard InChI is InChI=1S/C19H24FNO7/c1-18(2)23-9-12(26-18)13-14(15-16(24-13)28-19(3,4)27-15)25-17(22)21-11-7-5-10(20)6-8-11/h5-8,12-16H,9H2,1-4H3,(H,21,22)/t12-,13-,14+,15-,16-/m1/s1. The Morgan fingerprint density at radius 2 is 1.79 bits per heavy atom. The zero-order chi connectivity index (χ0) is 20.1. The zero-order valence-electron chi connectivity index (χ0n) is 16.1. The van der Waals surface area contributed by atoms with Crippen LogP contribution in [0.4, 0.5) is 14.9 Å². The van der Waals surface area contributed by atoms with Crippen LogP contribution < -0.4 is 5.32 Å². The van der Waals surface area contributed by atoms with Crippen molar-refractivity contribution < 1.29 is 37.6 Å². The molecule has 3 heterocycles. The summed E-state index contributed by atoms with van der Waals surface area (Å²) in [6, 6.07) is 5.37. The average molecular weight is 397 g/mol. The van der Waals surface area contributed by atoms with Crippen molar-refractivity contribution in [2.45, 2.75) is 70.0 Å². The van der Waals surface area contributed by atoms with Crippen molar-refractivity contribution in [1.29, 1.82) is 0 Å². The van der Waals surface area contributed by atoms with Crippen molar-refractivity contribution >= 4 is 11.8 Å². The second-order valence-corrected chi connectivity index (χ2v) is 7.94. The molecular weight excluding hydrogens is 373 g/mol. The molecule has 1 amide bonds. The van der Waals surface area contributed by atoms with Crippen LogP contribution in [0.2, 0.25) is 0 Å². The number of nitrogens with one attached hydrogen (secondary N) is 1. The number of fused-ring (bicyclic) bond motifs is 1. The molecule has 0 aliphatic carbocycles. The van der Waals surface area contributed by atoms with Gasteiger partial charge in [0.1, 0.15) is 18.0 Å². The Labute approximate surface area is 162 Å². The predicted octanol–water partition coefficient (Wildman–Crippen LogP) is 2.77. The van der Waals surface area contributed by atoms with E-state index in [-0.39, 0.29) is 0 Å². The molecule has 1 aromatic rings. The Balaban J connectivity index is 1.48. The number of amides is 1. The van der Waals surface area contributed by atoms with Crippen molar-refractivity contribution in [3.63, 3.8) is 0 Å². The molecule has 0 unspecified atom stereocenters. The van der Waals surface area contributed by atoms with Gasteiger partial charge in [-0.05, 0) is 52.0 Å². The lowest BCUT2D eigenvalue weighted by molar-refractivity contribution is -0.231. The predicted molar refractivity (Wildman–Crippen MR) is 93.9 cm³/mol. The third kappa shape index (κ3) is 3.99. The second kappa shape index (κ2) is 6.93. The van der Waals surface area contributed by atoms with E-state index in [0.717, 1.165) is 0 Å². The van der Waals surface area contributed by atoms with Gasteiger partial charge < -0.3 is 28.4 Å². The van der Waals surface area contributed by atoms with E-state index < -0.39 is 54.2 Å². The molecule has 0 bridgehead atoms. The third-order valence-corrected chi connectivity index (χ3v) is 4.76. The highest BCUT2D eigenvalue weighted by Gasteiger charge is 2.60. The first kappa shape index (κ1) is 19.5. The van der Waals surface area contributed by atoms with Crippen molar-refractivity contribution in [2.24, 2.45) is 0 Å². The maximum atomic E-state index is 13.0. The van der Waals surface area contributed by atoms with Gasteiger partial charge in [0.2, 0.25) is 0 Å². The van der Waals surface area contributed by atoms with E-state index in [9.17, 15) is 9.18 Å². The summed E-state index contributed by atoms with van der Waals surface area (Å²) in [5, 5.41) is 2.57. The van der Waals surface area contributed by atoms with E-state index in [4.69, 9.17) is 28.4 Å². The minimum absolute atomic E-state index is 0.292. The van der Waals surface area contributed by atoms with Gasteiger partial charge in [-0.2, -0.15) is 0 Å². The molecule has 3 aliphatic heterocycles. The molecule has 3 fully saturated rings. The minimum Gasteiger partial charge on any atom is -0.440 e. The lowest BCUT2D eigenvalue weighted by atomic mass is 10.1. The molecule has 28 heavy (non-hydrogen) atoms. The van der Waals surface area contributed by atoms with Crippen LogP contribution in [-0.2, 0) is 28.4 Å². The zero-order valence-corrected chi connectivity index (χ0v) is 16.1. The van der Waals surface area contributed by atoms with Gasteiger partial charge in [0.25, 0.3) is 0 Å². The quantitative estimate of drug-likeness (QED) is 0.840. The topological polar surface area (TPSA) is 84.5 Å². The van der Waals surface area contributed by atoms with Crippen LogP contribution in [0.3, 0.4) is 0 Å². The summed E-state index contributed by atoms with van der Waals surface area (Å²) < 4.78 is 47.8. The fraction of sp³-hybridized carbons (Fsp3) is 0.632. The van der Waals surface area contributed by atoms with Gasteiger partial charge in [0.05, 0.1) is 6.61 Å². The Hall–Kier alpha value is -1.78. The van der Waals surface area contributed by atoms with Gasteiger partial charge >= 0.3 is 6.09 Å². The summed E-state index contributed by atoms with van der Waals surface area (Å²) in [5.41, 5.74) is 0.406. The molecule has 3 aliphatic rings. The molecule has 4 rings (SSSR count). The number of anilines is 1. The largest absolute Gasteiger partial charge is 0.440 e. The number of ether oxygens (including phenoxy) is 6. The van der Waals surface area contributed by atoms with E-state index in [1.54, 1.807) is 27.7 Å². The van der Waals surface area contributed by atoms with E-state index >= 15 is 0 Å². The molecule has 1 N–H and O–H groups in total. The lowest BCUT2D eigenvalue weighted by Crippen LogP contribution is -2.45. The number of rotatable bonds is 3. The van der Waals surface area contributed by atoms with Gasteiger partial charge in [-0.3, -0.25) is 5.32 Å². The van der Waals surface area contributed by atoms with Gasteiger partial charge in [-0.25, -0.2) is 9.18 Å². The molecule has 0 aromatic heterocycles. The fourth-order valence-corrected chi connectivity index (χ4v) is 3.62. The smallest absolute Gasteiger partial charge is 0.412 e. The van der Waals surface area contributed by atoms with Crippen molar-refractivity contribution in [1.82, 2.24) is 0 Å². The molecule has 1 aromatic carbocycles. The van der Waals surface area contributed by atoms with Crippen LogP contribution in [0.15, 0.2) is 24.3 Å². The van der Waals surface area contributed by atoms with Gasteiger partial charge in [-0.1, -0.05) is 0 Å². The number of hydrogen-bond acceptors (Lipinski definition) is 7. The van der Waals surface area contributed by atoms with E-state index in [0.29, 0.717) is 12.3 Å². The van der Waals surface area contributed by atoms with Crippen LogP contribution in [-0.4, -0.2) is 55.0 Å². The Morgan fingerprint density at radius 3 is 2.43 bits per heavy atom. The second-order valence-electron chi connectivity index (χ2n) is 7.94. The fourth-order valence-electron chi connectivity index (χ4n) is 3.62. The van der Waals surface area contributed by atoms with Crippen LogP contribution in [0, 0.1) is 5.82 Å². The molecule has 8 nitrogen and oxygen atoms in total. The lowest BCUT2D eigenvalue weighted by Gasteiger charge is -2.28.